The smallest absolute Gasteiger partial charge is 0.203 e. The number of anilines is 1. The molecule has 0 aliphatic carbocycles. The fourth-order valence-corrected chi connectivity index (χ4v) is 2.64. The third kappa shape index (κ3) is 3.51. The SMILES string of the molecule is COc1ccc(-c2csc(N/N=C\c3ccco3)n2)cc1OC. The number of benzene rings is 1. The van der Waals surface area contributed by atoms with Crippen LogP contribution in [0.4, 0.5) is 5.13 Å². The molecule has 0 spiro atoms. The maximum Gasteiger partial charge on any atom is 0.203 e. The molecule has 0 unspecified atom stereocenters. The number of nitrogens with zero attached hydrogens (tertiary/aromatic N) is 2. The van der Waals surface area contributed by atoms with Gasteiger partial charge in [0.1, 0.15) is 5.76 Å². The number of methoxy groups -OCH3 is 2. The number of rotatable bonds is 6. The van der Waals surface area contributed by atoms with Gasteiger partial charge in [0.15, 0.2) is 11.5 Å². The Morgan fingerprint density at radius 3 is 2.83 bits per heavy atom. The molecule has 2 heterocycles. The average Bonchev–Trinajstić information content (AvgIpc) is 3.26. The molecule has 118 valence electrons. The van der Waals surface area contributed by atoms with Gasteiger partial charge in [0.25, 0.3) is 0 Å². The fourth-order valence-electron chi connectivity index (χ4n) is 1.97. The Balaban J connectivity index is 1.74. The highest BCUT2D eigenvalue weighted by Gasteiger charge is 2.09. The molecular weight excluding hydrogens is 314 g/mol. The van der Waals surface area contributed by atoms with Crippen molar-refractivity contribution < 1.29 is 13.9 Å². The zero-order chi connectivity index (χ0) is 16.1. The van der Waals surface area contributed by atoms with Gasteiger partial charge in [-0.05, 0) is 30.3 Å². The van der Waals surface area contributed by atoms with E-state index in [1.807, 2.05) is 29.6 Å². The summed E-state index contributed by atoms with van der Waals surface area (Å²) in [5, 5.41) is 6.73. The van der Waals surface area contributed by atoms with E-state index >= 15 is 0 Å². The predicted molar refractivity (Wildman–Crippen MR) is 90.6 cm³/mol. The fraction of sp³-hybridized carbons (Fsp3) is 0.125. The Morgan fingerprint density at radius 2 is 2.09 bits per heavy atom. The number of hydrogen-bond donors (Lipinski definition) is 1. The molecule has 0 saturated carbocycles. The van der Waals surface area contributed by atoms with E-state index in [0.717, 1.165) is 11.3 Å². The number of ether oxygens (including phenoxy) is 2. The van der Waals surface area contributed by atoms with Crippen molar-refractivity contribution in [2.75, 3.05) is 19.6 Å². The first-order valence-corrected chi connectivity index (χ1v) is 7.68. The van der Waals surface area contributed by atoms with Crippen molar-refractivity contribution in [3.8, 4) is 22.8 Å². The minimum absolute atomic E-state index is 0.670. The normalized spacial score (nSPS) is 10.9. The van der Waals surface area contributed by atoms with Crippen molar-refractivity contribution in [3.63, 3.8) is 0 Å². The first-order chi connectivity index (χ1) is 11.3. The Hall–Kier alpha value is -2.80. The average molecular weight is 329 g/mol. The number of aromatic nitrogens is 1. The van der Waals surface area contributed by atoms with Gasteiger partial charge in [-0.3, -0.25) is 5.43 Å². The Bertz CT molecular complexity index is 797. The maximum absolute atomic E-state index is 5.31. The van der Waals surface area contributed by atoms with Crippen molar-refractivity contribution >= 4 is 22.7 Å². The maximum atomic E-state index is 5.31. The van der Waals surface area contributed by atoms with Crippen LogP contribution in [0.2, 0.25) is 0 Å². The number of furan rings is 1. The number of thiazole rings is 1. The Labute approximate surface area is 137 Å². The van der Waals surface area contributed by atoms with Gasteiger partial charge in [-0.15, -0.1) is 11.3 Å². The molecule has 0 fully saturated rings. The van der Waals surface area contributed by atoms with Crippen molar-refractivity contribution in [2.45, 2.75) is 0 Å². The van der Waals surface area contributed by atoms with E-state index in [-0.39, 0.29) is 0 Å². The zero-order valence-corrected chi connectivity index (χ0v) is 13.5. The van der Waals surface area contributed by atoms with Crippen LogP contribution in [0.25, 0.3) is 11.3 Å². The van der Waals surface area contributed by atoms with E-state index in [1.165, 1.54) is 11.3 Å². The highest BCUT2D eigenvalue weighted by molar-refractivity contribution is 7.14. The van der Waals surface area contributed by atoms with Gasteiger partial charge in [-0.25, -0.2) is 4.98 Å². The molecule has 0 atom stereocenters. The van der Waals surface area contributed by atoms with Gasteiger partial charge in [0.2, 0.25) is 5.13 Å². The van der Waals surface area contributed by atoms with Gasteiger partial charge in [0.05, 0.1) is 32.4 Å². The summed E-state index contributed by atoms with van der Waals surface area (Å²) in [6.07, 6.45) is 3.19. The van der Waals surface area contributed by atoms with Crippen LogP contribution < -0.4 is 14.9 Å². The lowest BCUT2D eigenvalue weighted by Crippen LogP contribution is -1.91. The summed E-state index contributed by atoms with van der Waals surface area (Å²) >= 11 is 1.47. The summed E-state index contributed by atoms with van der Waals surface area (Å²) in [4.78, 5) is 4.50. The van der Waals surface area contributed by atoms with Gasteiger partial charge in [-0.2, -0.15) is 5.10 Å². The van der Waals surface area contributed by atoms with E-state index in [2.05, 4.69) is 15.5 Å². The minimum atomic E-state index is 0.670. The third-order valence-electron chi connectivity index (χ3n) is 3.08. The van der Waals surface area contributed by atoms with Crippen molar-refractivity contribution in [1.29, 1.82) is 0 Å². The van der Waals surface area contributed by atoms with Crippen LogP contribution in [-0.4, -0.2) is 25.4 Å². The predicted octanol–water partition coefficient (Wildman–Crippen LogP) is 3.87. The highest BCUT2D eigenvalue weighted by Crippen LogP contribution is 2.33. The monoisotopic (exact) mass is 329 g/mol. The van der Waals surface area contributed by atoms with Crippen molar-refractivity contribution in [2.24, 2.45) is 5.10 Å². The van der Waals surface area contributed by atoms with Crippen LogP contribution in [0, 0.1) is 0 Å². The molecule has 1 N–H and O–H groups in total. The Morgan fingerprint density at radius 1 is 1.22 bits per heavy atom. The molecule has 3 rings (SSSR count). The molecule has 3 aromatic rings. The lowest BCUT2D eigenvalue weighted by Gasteiger charge is -2.08. The molecule has 7 heteroatoms. The number of hydrazone groups is 1. The molecular formula is C16H15N3O3S. The molecule has 0 radical (unpaired) electrons. The second-order valence-corrected chi connectivity index (χ2v) is 5.35. The number of nitrogens with one attached hydrogen (secondary N) is 1. The molecule has 6 nitrogen and oxygen atoms in total. The molecule has 0 bridgehead atoms. The summed E-state index contributed by atoms with van der Waals surface area (Å²) in [7, 11) is 3.22. The van der Waals surface area contributed by atoms with Crippen molar-refractivity contribution in [3.05, 3.63) is 47.7 Å². The van der Waals surface area contributed by atoms with Crippen LogP contribution in [0.5, 0.6) is 11.5 Å². The summed E-state index contributed by atoms with van der Waals surface area (Å²) in [6, 6.07) is 9.31. The van der Waals surface area contributed by atoms with Gasteiger partial charge in [-0.1, -0.05) is 0 Å². The van der Waals surface area contributed by atoms with E-state index < -0.39 is 0 Å². The summed E-state index contributed by atoms with van der Waals surface area (Å²) in [5.74, 6) is 2.03. The molecule has 0 aliphatic heterocycles. The summed E-state index contributed by atoms with van der Waals surface area (Å²) < 4.78 is 15.7. The molecule has 23 heavy (non-hydrogen) atoms. The van der Waals surface area contributed by atoms with E-state index in [1.54, 1.807) is 32.8 Å². The van der Waals surface area contributed by atoms with Gasteiger partial charge >= 0.3 is 0 Å². The Kier molecular flexibility index (Phi) is 4.58. The van der Waals surface area contributed by atoms with Crippen LogP contribution in [-0.2, 0) is 0 Å². The van der Waals surface area contributed by atoms with Crippen LogP contribution in [0.1, 0.15) is 5.76 Å². The van der Waals surface area contributed by atoms with Crippen LogP contribution in [0.3, 0.4) is 0 Å². The largest absolute Gasteiger partial charge is 0.493 e. The lowest BCUT2D eigenvalue weighted by molar-refractivity contribution is 0.355. The van der Waals surface area contributed by atoms with Crippen LogP contribution in [0.15, 0.2) is 51.5 Å². The quantitative estimate of drug-likeness (QED) is 0.549. The van der Waals surface area contributed by atoms with E-state index in [4.69, 9.17) is 13.9 Å². The molecule has 0 amide bonds. The first kappa shape index (κ1) is 15.1. The molecule has 0 saturated heterocycles. The lowest BCUT2D eigenvalue weighted by atomic mass is 10.1. The van der Waals surface area contributed by atoms with E-state index in [9.17, 15) is 0 Å². The molecule has 1 aromatic carbocycles. The van der Waals surface area contributed by atoms with Gasteiger partial charge < -0.3 is 13.9 Å². The third-order valence-corrected chi connectivity index (χ3v) is 3.83. The number of hydrogen-bond acceptors (Lipinski definition) is 7. The molecule has 0 aliphatic rings. The van der Waals surface area contributed by atoms with E-state index in [0.29, 0.717) is 22.4 Å². The topological polar surface area (TPSA) is 68.9 Å². The van der Waals surface area contributed by atoms with Crippen molar-refractivity contribution in [1.82, 2.24) is 4.98 Å². The second kappa shape index (κ2) is 6.97. The summed E-state index contributed by atoms with van der Waals surface area (Å²) in [6.45, 7) is 0. The summed E-state index contributed by atoms with van der Waals surface area (Å²) in [5.41, 5.74) is 4.67. The van der Waals surface area contributed by atoms with Crippen LogP contribution >= 0.6 is 11.3 Å². The standard InChI is InChI=1S/C16H15N3O3S/c1-20-14-6-5-11(8-15(14)21-2)13-10-23-16(18-13)19-17-9-12-4-3-7-22-12/h3-10H,1-2H3,(H,18,19)/b17-9-. The first-order valence-electron chi connectivity index (χ1n) is 6.80. The zero-order valence-electron chi connectivity index (χ0n) is 12.6. The minimum Gasteiger partial charge on any atom is -0.493 e. The van der Waals surface area contributed by atoms with Gasteiger partial charge in [0, 0.05) is 10.9 Å². The second-order valence-electron chi connectivity index (χ2n) is 4.49. The molecule has 2 aromatic heterocycles. The highest BCUT2D eigenvalue weighted by atomic mass is 32.1.